The van der Waals surface area contributed by atoms with Gasteiger partial charge in [-0.1, -0.05) is 13.3 Å². The van der Waals surface area contributed by atoms with Crippen molar-refractivity contribution in [1.29, 1.82) is 0 Å². The molecular weight excluding hydrogens is 188 g/mol. The molecule has 3 heteroatoms. The summed E-state index contributed by atoms with van der Waals surface area (Å²) in [5, 5.41) is 9.41. The van der Waals surface area contributed by atoms with Gasteiger partial charge in [0.25, 0.3) is 0 Å². The summed E-state index contributed by atoms with van der Waals surface area (Å²) in [6.45, 7) is 5.70. The summed E-state index contributed by atoms with van der Waals surface area (Å²) in [5.74, 6) is 1.42. The minimum Gasteiger partial charge on any atom is -0.392 e. The van der Waals surface area contributed by atoms with E-state index >= 15 is 0 Å². The van der Waals surface area contributed by atoms with E-state index in [1.807, 2.05) is 6.92 Å². The second kappa shape index (κ2) is 5.83. The molecule has 1 rings (SSSR count). The lowest BCUT2D eigenvalue weighted by Crippen LogP contribution is -2.46. The van der Waals surface area contributed by atoms with E-state index in [9.17, 15) is 5.11 Å². The molecule has 4 atom stereocenters. The molecule has 0 saturated heterocycles. The molecule has 0 bridgehead atoms. The fourth-order valence-electron chi connectivity index (χ4n) is 2.78. The van der Waals surface area contributed by atoms with Crippen LogP contribution >= 0.6 is 0 Å². The fraction of sp³-hybridized carbons (Fsp3) is 1.00. The molecule has 0 aromatic heterocycles. The molecule has 1 aliphatic carbocycles. The van der Waals surface area contributed by atoms with Gasteiger partial charge in [0.15, 0.2) is 0 Å². The van der Waals surface area contributed by atoms with Crippen LogP contribution < -0.4 is 5.73 Å². The molecule has 0 aliphatic heterocycles. The highest BCUT2D eigenvalue weighted by atomic mass is 16.3. The minimum absolute atomic E-state index is 0.245. The Labute approximate surface area is 93.6 Å². The number of nitrogens with two attached hydrogens (primary N) is 1. The largest absolute Gasteiger partial charge is 0.392 e. The second-order valence-electron chi connectivity index (χ2n) is 5.27. The molecule has 1 saturated carbocycles. The van der Waals surface area contributed by atoms with Crippen LogP contribution in [0.2, 0.25) is 0 Å². The molecule has 0 heterocycles. The maximum absolute atomic E-state index is 9.41. The summed E-state index contributed by atoms with van der Waals surface area (Å²) in [5.41, 5.74) is 5.82. The summed E-state index contributed by atoms with van der Waals surface area (Å²) in [7, 11) is 2.11. The van der Waals surface area contributed by atoms with Gasteiger partial charge in [0.05, 0.1) is 6.10 Å². The zero-order chi connectivity index (χ0) is 11.4. The fourth-order valence-corrected chi connectivity index (χ4v) is 2.78. The topological polar surface area (TPSA) is 49.5 Å². The van der Waals surface area contributed by atoms with Crippen LogP contribution in [0.3, 0.4) is 0 Å². The normalized spacial score (nSPS) is 34.4. The van der Waals surface area contributed by atoms with Crippen molar-refractivity contribution in [2.24, 2.45) is 17.6 Å². The zero-order valence-corrected chi connectivity index (χ0v) is 10.3. The molecule has 0 spiro atoms. The molecule has 90 valence electrons. The van der Waals surface area contributed by atoms with Crippen molar-refractivity contribution in [3.63, 3.8) is 0 Å². The van der Waals surface area contributed by atoms with Gasteiger partial charge >= 0.3 is 0 Å². The highest BCUT2D eigenvalue weighted by molar-refractivity contribution is 4.85. The summed E-state index contributed by atoms with van der Waals surface area (Å²) in [6, 6.07) is 0.563. The molecule has 0 amide bonds. The van der Waals surface area contributed by atoms with Crippen LogP contribution in [0.5, 0.6) is 0 Å². The SMILES string of the molecule is CC(O)CN(C)C1CC(C)CCC1CN. The van der Waals surface area contributed by atoms with E-state index in [2.05, 4.69) is 18.9 Å². The molecule has 3 N–H and O–H groups in total. The third-order valence-electron chi connectivity index (χ3n) is 3.64. The predicted molar refractivity (Wildman–Crippen MR) is 63.7 cm³/mol. The Bertz CT molecular complexity index is 184. The van der Waals surface area contributed by atoms with Crippen LogP contribution in [0.4, 0.5) is 0 Å². The highest BCUT2D eigenvalue weighted by Crippen LogP contribution is 2.31. The van der Waals surface area contributed by atoms with Gasteiger partial charge in [-0.15, -0.1) is 0 Å². The van der Waals surface area contributed by atoms with Gasteiger partial charge in [-0.2, -0.15) is 0 Å². The number of hydrogen-bond acceptors (Lipinski definition) is 3. The van der Waals surface area contributed by atoms with E-state index in [0.29, 0.717) is 12.0 Å². The van der Waals surface area contributed by atoms with Gasteiger partial charge in [-0.05, 0) is 45.2 Å². The van der Waals surface area contributed by atoms with E-state index in [-0.39, 0.29) is 6.10 Å². The summed E-state index contributed by atoms with van der Waals surface area (Å²) < 4.78 is 0. The lowest BCUT2D eigenvalue weighted by molar-refractivity contribution is 0.0641. The van der Waals surface area contributed by atoms with Crippen molar-refractivity contribution in [2.75, 3.05) is 20.1 Å². The van der Waals surface area contributed by atoms with Gasteiger partial charge in [-0.25, -0.2) is 0 Å². The van der Waals surface area contributed by atoms with Gasteiger partial charge in [-0.3, -0.25) is 0 Å². The van der Waals surface area contributed by atoms with Crippen LogP contribution in [-0.2, 0) is 0 Å². The molecular formula is C12H26N2O. The summed E-state index contributed by atoms with van der Waals surface area (Å²) in [6.07, 6.45) is 3.53. The van der Waals surface area contributed by atoms with E-state index < -0.39 is 0 Å². The van der Waals surface area contributed by atoms with E-state index in [0.717, 1.165) is 19.0 Å². The Morgan fingerprint density at radius 3 is 2.67 bits per heavy atom. The van der Waals surface area contributed by atoms with Crippen molar-refractivity contribution in [3.05, 3.63) is 0 Å². The van der Waals surface area contributed by atoms with Crippen LogP contribution in [0.25, 0.3) is 0 Å². The maximum atomic E-state index is 9.41. The summed E-state index contributed by atoms with van der Waals surface area (Å²) >= 11 is 0. The van der Waals surface area contributed by atoms with Gasteiger partial charge < -0.3 is 15.7 Å². The number of hydrogen-bond donors (Lipinski definition) is 2. The molecule has 1 fully saturated rings. The highest BCUT2D eigenvalue weighted by Gasteiger charge is 2.30. The Hall–Kier alpha value is -0.120. The Morgan fingerprint density at radius 1 is 1.47 bits per heavy atom. The van der Waals surface area contributed by atoms with Crippen LogP contribution in [-0.4, -0.2) is 42.3 Å². The van der Waals surface area contributed by atoms with Crippen LogP contribution in [0.15, 0.2) is 0 Å². The number of rotatable bonds is 4. The first-order valence-corrected chi connectivity index (χ1v) is 6.13. The molecule has 3 nitrogen and oxygen atoms in total. The Morgan fingerprint density at radius 2 is 2.13 bits per heavy atom. The average Bonchev–Trinajstić information content (AvgIpc) is 2.16. The van der Waals surface area contributed by atoms with Crippen LogP contribution in [0.1, 0.15) is 33.1 Å². The lowest BCUT2D eigenvalue weighted by Gasteiger charge is -2.40. The van der Waals surface area contributed by atoms with Gasteiger partial charge in [0, 0.05) is 12.6 Å². The molecule has 1 aliphatic rings. The van der Waals surface area contributed by atoms with Crippen molar-refractivity contribution < 1.29 is 5.11 Å². The number of aliphatic hydroxyl groups is 1. The quantitative estimate of drug-likeness (QED) is 0.736. The van der Waals surface area contributed by atoms with Crippen LogP contribution in [0, 0.1) is 11.8 Å². The van der Waals surface area contributed by atoms with Gasteiger partial charge in [0.1, 0.15) is 0 Å². The van der Waals surface area contributed by atoms with E-state index in [1.165, 1.54) is 19.3 Å². The smallest absolute Gasteiger partial charge is 0.0639 e. The van der Waals surface area contributed by atoms with Crippen molar-refractivity contribution in [3.8, 4) is 0 Å². The van der Waals surface area contributed by atoms with Crippen molar-refractivity contribution in [1.82, 2.24) is 4.90 Å². The second-order valence-corrected chi connectivity index (χ2v) is 5.27. The third-order valence-corrected chi connectivity index (χ3v) is 3.64. The lowest BCUT2D eigenvalue weighted by atomic mass is 9.78. The Kier molecular flexibility index (Phi) is 5.03. The molecule has 0 aromatic rings. The van der Waals surface area contributed by atoms with E-state index in [4.69, 9.17) is 5.73 Å². The zero-order valence-electron chi connectivity index (χ0n) is 10.3. The number of aliphatic hydroxyl groups excluding tert-OH is 1. The Balaban J connectivity index is 2.53. The molecule has 15 heavy (non-hydrogen) atoms. The van der Waals surface area contributed by atoms with Crippen molar-refractivity contribution >= 4 is 0 Å². The van der Waals surface area contributed by atoms with Gasteiger partial charge in [0.2, 0.25) is 0 Å². The molecule has 0 aromatic carbocycles. The average molecular weight is 214 g/mol. The maximum Gasteiger partial charge on any atom is 0.0639 e. The molecule has 4 unspecified atom stereocenters. The monoisotopic (exact) mass is 214 g/mol. The molecule has 0 radical (unpaired) electrons. The first-order valence-electron chi connectivity index (χ1n) is 6.13. The first kappa shape index (κ1) is 12.9. The minimum atomic E-state index is -0.245. The standard InChI is InChI=1S/C12H26N2O/c1-9-4-5-11(7-13)12(6-9)14(3)8-10(2)15/h9-12,15H,4-8,13H2,1-3H3. The number of nitrogens with zero attached hydrogens (tertiary/aromatic N) is 1. The summed E-state index contributed by atoms with van der Waals surface area (Å²) in [4.78, 5) is 2.29. The first-order chi connectivity index (χ1) is 7.04. The third kappa shape index (κ3) is 3.74. The number of likely N-dealkylation sites (N-methyl/N-ethyl adjacent to an activating group) is 1. The van der Waals surface area contributed by atoms with Crippen molar-refractivity contribution in [2.45, 2.75) is 45.3 Å². The van der Waals surface area contributed by atoms with E-state index in [1.54, 1.807) is 0 Å². The predicted octanol–water partition coefficient (Wildman–Crippen LogP) is 1.06.